The van der Waals surface area contributed by atoms with E-state index < -0.39 is 0 Å². The van der Waals surface area contributed by atoms with E-state index in [1.54, 1.807) is 0 Å². The zero-order valence-corrected chi connectivity index (χ0v) is 19.0. The number of anilines is 2. The molecule has 1 aromatic rings. The van der Waals surface area contributed by atoms with Crippen molar-refractivity contribution in [1.29, 1.82) is 0 Å². The summed E-state index contributed by atoms with van der Waals surface area (Å²) in [5.74, 6) is 2.30. The molecule has 0 aliphatic carbocycles. The van der Waals surface area contributed by atoms with Crippen LogP contribution in [-0.2, 0) is 14.3 Å². The van der Waals surface area contributed by atoms with Crippen molar-refractivity contribution in [2.24, 2.45) is 5.92 Å². The molecule has 32 heavy (non-hydrogen) atoms. The summed E-state index contributed by atoms with van der Waals surface area (Å²) in [7, 11) is 0. The highest BCUT2D eigenvalue weighted by atomic mass is 16.5. The van der Waals surface area contributed by atoms with Gasteiger partial charge in [-0.15, -0.1) is 10.2 Å². The fourth-order valence-electron chi connectivity index (χ4n) is 5.25. The van der Waals surface area contributed by atoms with Crippen molar-refractivity contribution in [3.63, 3.8) is 0 Å². The molecule has 176 valence electrons. The topological polar surface area (TPSA) is 74.3 Å². The molecule has 1 unspecified atom stereocenters. The summed E-state index contributed by atoms with van der Waals surface area (Å²) in [6.07, 6.45) is 4.54. The van der Waals surface area contributed by atoms with Gasteiger partial charge in [-0.2, -0.15) is 0 Å². The maximum Gasteiger partial charge on any atom is 0.225 e. The predicted octanol–water partition coefficient (Wildman–Crippen LogP) is 0.853. The molecule has 1 amide bonds. The Morgan fingerprint density at radius 3 is 2.03 bits per heavy atom. The SMILES string of the molecule is O=C(C1CCOCC1)N1CCN(c2ccc(N3CCN(CC4CCCO4)CC3)nn2)CC1. The van der Waals surface area contributed by atoms with E-state index in [0.29, 0.717) is 25.2 Å². The van der Waals surface area contributed by atoms with Gasteiger partial charge in [0.15, 0.2) is 11.6 Å². The van der Waals surface area contributed by atoms with Crippen LogP contribution < -0.4 is 9.80 Å². The summed E-state index contributed by atoms with van der Waals surface area (Å²) < 4.78 is 11.2. The molecule has 0 spiro atoms. The standard InChI is InChI=1S/C23H36N6O3/c30-23(19-5-16-31-17-6-19)29-13-11-28(12-14-29)22-4-3-21(24-25-22)27-9-7-26(8-10-27)18-20-2-1-15-32-20/h3-4,19-20H,1-2,5-18H2. The number of hydrogen-bond acceptors (Lipinski definition) is 8. The van der Waals surface area contributed by atoms with Gasteiger partial charge in [-0.05, 0) is 37.8 Å². The van der Waals surface area contributed by atoms with E-state index in [0.717, 1.165) is 90.0 Å². The number of piperazine rings is 2. The Labute approximate surface area is 190 Å². The highest BCUT2D eigenvalue weighted by molar-refractivity contribution is 5.79. The molecule has 1 atom stereocenters. The van der Waals surface area contributed by atoms with Gasteiger partial charge < -0.3 is 24.2 Å². The molecular formula is C23H36N6O3. The van der Waals surface area contributed by atoms with Crippen LogP contribution in [0.4, 0.5) is 11.6 Å². The first-order chi connectivity index (χ1) is 15.8. The van der Waals surface area contributed by atoms with E-state index in [1.165, 1.54) is 12.8 Å². The predicted molar refractivity (Wildman–Crippen MR) is 122 cm³/mol. The molecule has 0 saturated carbocycles. The van der Waals surface area contributed by atoms with Gasteiger partial charge in [-0.1, -0.05) is 0 Å². The van der Waals surface area contributed by atoms with Crippen molar-refractivity contribution in [1.82, 2.24) is 20.0 Å². The van der Waals surface area contributed by atoms with Gasteiger partial charge >= 0.3 is 0 Å². The van der Waals surface area contributed by atoms with Crippen molar-refractivity contribution < 1.29 is 14.3 Å². The first-order valence-corrected chi connectivity index (χ1v) is 12.3. The number of ether oxygens (including phenoxy) is 2. The number of hydrogen-bond donors (Lipinski definition) is 0. The van der Waals surface area contributed by atoms with Gasteiger partial charge in [0.05, 0.1) is 6.10 Å². The second-order valence-electron chi connectivity index (χ2n) is 9.37. The van der Waals surface area contributed by atoms with Crippen molar-refractivity contribution in [3.8, 4) is 0 Å². The summed E-state index contributed by atoms with van der Waals surface area (Å²) in [5.41, 5.74) is 0. The summed E-state index contributed by atoms with van der Waals surface area (Å²) in [5, 5.41) is 9.05. The Bertz CT molecular complexity index is 735. The molecule has 5 heterocycles. The van der Waals surface area contributed by atoms with Gasteiger partial charge in [-0.3, -0.25) is 9.69 Å². The Kier molecular flexibility index (Phi) is 7.04. The van der Waals surface area contributed by atoms with Crippen molar-refractivity contribution in [2.75, 3.05) is 88.5 Å². The summed E-state index contributed by atoms with van der Waals surface area (Å²) in [6.45, 7) is 10.6. The lowest BCUT2D eigenvalue weighted by atomic mass is 9.98. The minimum atomic E-state index is 0.139. The Morgan fingerprint density at radius 2 is 1.47 bits per heavy atom. The molecule has 0 radical (unpaired) electrons. The number of amides is 1. The monoisotopic (exact) mass is 444 g/mol. The first kappa shape index (κ1) is 21.9. The van der Waals surface area contributed by atoms with Gasteiger partial charge in [-0.25, -0.2) is 0 Å². The van der Waals surface area contributed by atoms with Crippen LogP contribution in [0.5, 0.6) is 0 Å². The zero-order valence-electron chi connectivity index (χ0n) is 19.0. The maximum absolute atomic E-state index is 12.7. The molecule has 9 nitrogen and oxygen atoms in total. The second kappa shape index (κ2) is 10.3. The normalized spacial score (nSPS) is 26.0. The average molecular weight is 445 g/mol. The van der Waals surface area contributed by atoms with Gasteiger partial charge in [0.25, 0.3) is 0 Å². The van der Waals surface area contributed by atoms with E-state index >= 15 is 0 Å². The highest BCUT2D eigenvalue weighted by Crippen LogP contribution is 2.22. The average Bonchev–Trinajstić information content (AvgIpc) is 3.38. The summed E-state index contributed by atoms with van der Waals surface area (Å²) in [4.78, 5) is 21.8. The molecule has 0 aromatic carbocycles. The molecule has 9 heteroatoms. The molecule has 4 fully saturated rings. The highest BCUT2D eigenvalue weighted by Gasteiger charge is 2.29. The molecule has 4 aliphatic rings. The van der Waals surface area contributed by atoms with Gasteiger partial charge in [0, 0.05) is 84.6 Å². The van der Waals surface area contributed by atoms with E-state index in [4.69, 9.17) is 9.47 Å². The molecule has 5 rings (SSSR count). The van der Waals surface area contributed by atoms with Crippen LogP contribution >= 0.6 is 0 Å². The van der Waals surface area contributed by atoms with E-state index in [9.17, 15) is 4.79 Å². The van der Waals surface area contributed by atoms with Crippen molar-refractivity contribution >= 4 is 17.5 Å². The Balaban J connectivity index is 1.08. The number of rotatable bonds is 5. The molecule has 4 saturated heterocycles. The Morgan fingerprint density at radius 1 is 0.844 bits per heavy atom. The van der Waals surface area contributed by atoms with Crippen molar-refractivity contribution in [3.05, 3.63) is 12.1 Å². The van der Waals surface area contributed by atoms with Crippen LogP contribution in [0, 0.1) is 5.92 Å². The lowest BCUT2D eigenvalue weighted by Gasteiger charge is -2.38. The van der Waals surface area contributed by atoms with Crippen LogP contribution in [0.15, 0.2) is 12.1 Å². The summed E-state index contributed by atoms with van der Waals surface area (Å²) >= 11 is 0. The largest absolute Gasteiger partial charge is 0.381 e. The lowest BCUT2D eigenvalue weighted by Crippen LogP contribution is -2.51. The van der Waals surface area contributed by atoms with E-state index in [2.05, 4.69) is 37.0 Å². The Hall–Kier alpha value is -1.97. The summed E-state index contributed by atoms with van der Waals surface area (Å²) in [6, 6.07) is 4.18. The second-order valence-corrected chi connectivity index (χ2v) is 9.37. The minimum Gasteiger partial charge on any atom is -0.381 e. The van der Waals surface area contributed by atoms with Crippen molar-refractivity contribution in [2.45, 2.75) is 31.8 Å². The molecule has 0 bridgehead atoms. The third kappa shape index (κ3) is 5.15. The van der Waals surface area contributed by atoms with Crippen LogP contribution in [0.1, 0.15) is 25.7 Å². The zero-order chi connectivity index (χ0) is 21.8. The number of carbonyl (C=O) groups is 1. The van der Waals surface area contributed by atoms with Crippen LogP contribution in [0.25, 0.3) is 0 Å². The third-order valence-electron chi connectivity index (χ3n) is 7.30. The third-order valence-corrected chi connectivity index (χ3v) is 7.30. The van der Waals surface area contributed by atoms with Gasteiger partial charge in [0.2, 0.25) is 5.91 Å². The van der Waals surface area contributed by atoms with Gasteiger partial charge in [0.1, 0.15) is 0 Å². The van der Waals surface area contributed by atoms with E-state index in [-0.39, 0.29) is 5.92 Å². The van der Waals surface area contributed by atoms with Crippen LogP contribution in [0.2, 0.25) is 0 Å². The smallest absolute Gasteiger partial charge is 0.225 e. The first-order valence-electron chi connectivity index (χ1n) is 12.3. The number of carbonyl (C=O) groups excluding carboxylic acids is 1. The quantitative estimate of drug-likeness (QED) is 0.662. The molecular weight excluding hydrogens is 408 g/mol. The number of nitrogens with zero attached hydrogens (tertiary/aromatic N) is 6. The van der Waals surface area contributed by atoms with E-state index in [1.807, 2.05) is 4.90 Å². The molecule has 4 aliphatic heterocycles. The fraction of sp³-hybridized carbons (Fsp3) is 0.783. The molecule has 1 aromatic heterocycles. The molecule has 0 N–H and O–H groups in total. The van der Waals surface area contributed by atoms with Crippen LogP contribution in [-0.4, -0.2) is 111 Å². The fourth-order valence-corrected chi connectivity index (χ4v) is 5.25. The minimum absolute atomic E-state index is 0.139. The van der Waals surface area contributed by atoms with Crippen LogP contribution in [0.3, 0.4) is 0 Å². The number of aromatic nitrogens is 2. The maximum atomic E-state index is 12.7. The lowest BCUT2D eigenvalue weighted by molar-refractivity contribution is -0.138.